The van der Waals surface area contributed by atoms with Gasteiger partial charge < -0.3 is 0 Å². The summed E-state index contributed by atoms with van der Waals surface area (Å²) in [5.74, 6) is 4.73. The van der Waals surface area contributed by atoms with E-state index in [4.69, 9.17) is 7.85 Å². The molecule has 0 aromatic carbocycles. The molecule has 0 amide bonds. The topological polar surface area (TPSA) is 0 Å². The van der Waals surface area contributed by atoms with E-state index in [1.54, 1.807) is 0 Å². The van der Waals surface area contributed by atoms with Crippen molar-refractivity contribution in [3.63, 3.8) is 0 Å². The van der Waals surface area contributed by atoms with Crippen LogP contribution in [0.15, 0.2) is 0 Å². The second-order valence-corrected chi connectivity index (χ2v) is 17.9. The summed E-state index contributed by atoms with van der Waals surface area (Å²) in [6.07, 6.45) is 18.7. The van der Waals surface area contributed by atoms with E-state index in [2.05, 4.69) is 105 Å². The van der Waals surface area contributed by atoms with Crippen LogP contribution in [-0.4, -0.2) is 18.8 Å². The summed E-state index contributed by atoms with van der Waals surface area (Å²) < 4.78 is 0. The van der Waals surface area contributed by atoms with Crippen LogP contribution < -0.4 is 0 Å². The Labute approximate surface area is 272 Å². The monoisotopic (exact) mass is 611 g/mol. The molecule has 41 heavy (non-hydrogen) atoms. The first-order valence-corrected chi connectivity index (χ1v) is 19.3. The van der Waals surface area contributed by atoms with Gasteiger partial charge in [0, 0.05) is 0 Å². The molecule has 0 N–H and O–H groups in total. The van der Waals surface area contributed by atoms with Gasteiger partial charge in [-0.15, -0.1) is 9.24 Å². The normalized spacial score (nSPS) is 26.3. The van der Waals surface area contributed by atoms with Gasteiger partial charge in [-0.2, -0.15) is 12.6 Å². The van der Waals surface area contributed by atoms with E-state index < -0.39 is 0 Å². The molecule has 1 aliphatic rings. The van der Waals surface area contributed by atoms with E-state index in [1.807, 2.05) is 13.8 Å². The molecule has 0 saturated heterocycles. The fourth-order valence-electron chi connectivity index (χ4n) is 8.22. The molecule has 0 aliphatic heterocycles. The van der Waals surface area contributed by atoms with Gasteiger partial charge >= 0.3 is 0 Å². The summed E-state index contributed by atoms with van der Waals surface area (Å²) in [6, 6.07) is 0. The quantitative estimate of drug-likeness (QED) is 0.0891. The smallest absolute Gasteiger partial charge is 0.0699 e. The highest BCUT2D eigenvalue weighted by molar-refractivity contribution is 7.80. The average molecular weight is 611 g/mol. The summed E-state index contributed by atoms with van der Waals surface area (Å²) in [5.41, 5.74) is 1.47. The van der Waals surface area contributed by atoms with E-state index in [-0.39, 0.29) is 0 Å². The molecule has 2 radical (unpaired) electrons. The lowest BCUT2D eigenvalue weighted by molar-refractivity contribution is 0.0119. The Balaban J connectivity index is 0. The van der Waals surface area contributed by atoms with E-state index in [9.17, 15) is 0 Å². The predicted octanol–water partition coefficient (Wildman–Crippen LogP) is 13.6. The molecule has 0 aromatic heterocycles. The molecule has 8 unspecified atom stereocenters. The van der Waals surface area contributed by atoms with Crippen molar-refractivity contribution in [3.05, 3.63) is 0 Å². The molecule has 0 heterocycles. The molecule has 0 aromatic rings. The maximum atomic E-state index is 5.65. The van der Waals surface area contributed by atoms with Gasteiger partial charge in [-0.05, 0) is 95.8 Å². The van der Waals surface area contributed by atoms with Gasteiger partial charge in [0.1, 0.15) is 0 Å². The van der Waals surface area contributed by atoms with E-state index in [1.165, 1.54) is 77.0 Å². The minimum Gasteiger partial charge on any atom is -0.179 e. The van der Waals surface area contributed by atoms with Crippen molar-refractivity contribution in [2.24, 2.45) is 39.9 Å². The number of thiol groups is 1. The SMILES string of the molecule is CC.CCCC(C)(CC(C)(C)P)C(C)CCC1(C)C(C(C)CCCC(C)C)CCC1(C)CC.[B]C(CCC)CCS. The zero-order valence-electron chi connectivity index (χ0n) is 31.1. The Morgan fingerprint density at radius 2 is 1.49 bits per heavy atom. The third-order valence-electron chi connectivity index (χ3n) is 11.2. The predicted molar refractivity (Wildman–Crippen MR) is 201 cm³/mol. The zero-order valence-corrected chi connectivity index (χ0v) is 33.1. The van der Waals surface area contributed by atoms with Gasteiger partial charge in [0.05, 0.1) is 7.85 Å². The lowest BCUT2D eigenvalue weighted by Gasteiger charge is -2.48. The Hall–Kier alpha value is 0.845. The van der Waals surface area contributed by atoms with Gasteiger partial charge in [-0.1, -0.05) is 148 Å². The van der Waals surface area contributed by atoms with Crippen LogP contribution in [0.3, 0.4) is 0 Å². The molecule has 1 saturated carbocycles. The molecule has 246 valence electrons. The standard InChI is InChI=1S/C30H61P.C6H13BS.C2H6/c1-12-19-28(9,22-27(7,8)31)25(6)17-21-30(11)26(18-20-29(30,10)13-2)24(5)16-14-15-23(3)4;1-2-3-6(7)4-5-8;1-2/h23-26H,12-22,31H2,1-11H3;6,8H,2-5H2,1H3;1-2H3. The Kier molecular flexibility index (Phi) is 23.1. The Bertz CT molecular complexity index is 624. The van der Waals surface area contributed by atoms with Crippen molar-refractivity contribution >= 4 is 29.7 Å². The fourth-order valence-corrected chi connectivity index (χ4v) is 9.02. The van der Waals surface area contributed by atoms with Crippen molar-refractivity contribution in [2.45, 2.75) is 198 Å². The van der Waals surface area contributed by atoms with Gasteiger partial charge in [-0.3, -0.25) is 0 Å². The first kappa shape index (κ1) is 44.0. The second-order valence-electron chi connectivity index (χ2n) is 15.8. The van der Waals surface area contributed by atoms with Crippen LogP contribution in [0.5, 0.6) is 0 Å². The van der Waals surface area contributed by atoms with E-state index in [0.29, 0.717) is 27.2 Å². The van der Waals surface area contributed by atoms with Crippen molar-refractivity contribution in [1.82, 2.24) is 0 Å². The van der Waals surface area contributed by atoms with Crippen molar-refractivity contribution in [2.75, 3.05) is 5.75 Å². The maximum Gasteiger partial charge on any atom is 0.0699 e. The Morgan fingerprint density at radius 3 is 1.93 bits per heavy atom. The van der Waals surface area contributed by atoms with Crippen molar-refractivity contribution < 1.29 is 0 Å². The Morgan fingerprint density at radius 1 is 0.902 bits per heavy atom. The number of hydrogen-bond acceptors (Lipinski definition) is 1. The molecular weight excluding hydrogens is 530 g/mol. The number of hydrogen-bond donors (Lipinski definition) is 1. The number of rotatable bonds is 18. The highest BCUT2D eigenvalue weighted by atomic mass is 32.1. The third-order valence-corrected chi connectivity index (χ3v) is 11.7. The third kappa shape index (κ3) is 15.6. The molecule has 0 nitrogen and oxygen atoms in total. The summed E-state index contributed by atoms with van der Waals surface area (Å²) in [5, 5.41) is 0.334. The molecule has 0 bridgehead atoms. The molecular formula is C38H80BPS. The first-order valence-electron chi connectivity index (χ1n) is 18.1. The molecule has 3 heteroatoms. The largest absolute Gasteiger partial charge is 0.179 e. The zero-order chi connectivity index (χ0) is 32.5. The van der Waals surface area contributed by atoms with Crippen LogP contribution in [0.25, 0.3) is 0 Å². The molecule has 8 atom stereocenters. The highest BCUT2D eigenvalue weighted by Gasteiger charge is 2.54. The molecule has 1 fully saturated rings. The average Bonchev–Trinajstić information content (AvgIpc) is 3.14. The lowest BCUT2D eigenvalue weighted by Crippen LogP contribution is -2.40. The van der Waals surface area contributed by atoms with Gasteiger partial charge in [-0.25, -0.2) is 0 Å². The molecule has 0 spiro atoms. The summed E-state index contributed by atoms with van der Waals surface area (Å²) in [6.45, 7) is 33.7. The summed E-state index contributed by atoms with van der Waals surface area (Å²) in [7, 11) is 8.77. The van der Waals surface area contributed by atoms with Crippen LogP contribution in [0, 0.1) is 39.9 Å². The molecule has 1 aliphatic carbocycles. The lowest BCUT2D eigenvalue weighted by atomic mass is 9.57. The van der Waals surface area contributed by atoms with Gasteiger partial charge in [0.15, 0.2) is 0 Å². The minimum atomic E-state index is 0.334. The van der Waals surface area contributed by atoms with Crippen LogP contribution in [0.1, 0.15) is 187 Å². The van der Waals surface area contributed by atoms with Crippen LogP contribution in [-0.2, 0) is 0 Å². The fraction of sp³-hybridized carbons (Fsp3) is 1.00. The minimum absolute atomic E-state index is 0.334. The van der Waals surface area contributed by atoms with E-state index >= 15 is 0 Å². The summed E-state index contributed by atoms with van der Waals surface area (Å²) >= 11 is 4.07. The molecule has 1 rings (SSSR count). The van der Waals surface area contributed by atoms with Crippen LogP contribution in [0.4, 0.5) is 0 Å². The van der Waals surface area contributed by atoms with E-state index in [0.717, 1.165) is 42.3 Å². The van der Waals surface area contributed by atoms with Crippen LogP contribution in [0.2, 0.25) is 5.82 Å². The maximum absolute atomic E-state index is 5.65. The van der Waals surface area contributed by atoms with Crippen LogP contribution >= 0.6 is 21.9 Å². The first-order chi connectivity index (χ1) is 18.9. The van der Waals surface area contributed by atoms with Crippen molar-refractivity contribution in [3.8, 4) is 0 Å². The second kappa shape index (κ2) is 21.6. The summed E-state index contributed by atoms with van der Waals surface area (Å²) in [4.78, 5) is 0. The van der Waals surface area contributed by atoms with Gasteiger partial charge in [0.25, 0.3) is 0 Å². The highest BCUT2D eigenvalue weighted by Crippen LogP contribution is 2.63. The van der Waals surface area contributed by atoms with Gasteiger partial charge in [0.2, 0.25) is 0 Å². The van der Waals surface area contributed by atoms with Crippen molar-refractivity contribution in [1.29, 1.82) is 0 Å².